The molecule has 0 aromatic carbocycles. The van der Waals surface area contributed by atoms with E-state index in [2.05, 4.69) is 34.5 Å². The van der Waals surface area contributed by atoms with Gasteiger partial charge in [-0.15, -0.1) is 0 Å². The van der Waals surface area contributed by atoms with Crippen molar-refractivity contribution in [1.82, 2.24) is 20.4 Å². The van der Waals surface area contributed by atoms with Crippen LogP contribution in [-0.2, 0) is 6.54 Å². The standard InChI is InChI=1S/C9H18N4/c1-13(2)5-3-4-10-6-9-7-11-12-8-9/h7-8,10H,3-6H2,1-2H3,(H,11,12). The molecular formula is C9H18N4. The molecule has 0 spiro atoms. The van der Waals surface area contributed by atoms with Crippen molar-refractivity contribution in [3.8, 4) is 0 Å². The number of hydrogen-bond donors (Lipinski definition) is 2. The summed E-state index contributed by atoms with van der Waals surface area (Å²) >= 11 is 0. The smallest absolute Gasteiger partial charge is 0.0532 e. The van der Waals surface area contributed by atoms with Crippen molar-refractivity contribution in [3.05, 3.63) is 18.0 Å². The third-order valence-corrected chi connectivity index (χ3v) is 1.84. The van der Waals surface area contributed by atoms with Crippen molar-refractivity contribution in [2.24, 2.45) is 0 Å². The normalized spacial score (nSPS) is 11.0. The van der Waals surface area contributed by atoms with Gasteiger partial charge in [0, 0.05) is 18.3 Å². The second-order valence-electron chi connectivity index (χ2n) is 3.44. The molecule has 4 heteroatoms. The Morgan fingerprint density at radius 3 is 3.00 bits per heavy atom. The Labute approximate surface area is 79.3 Å². The number of H-pyrrole nitrogens is 1. The van der Waals surface area contributed by atoms with Gasteiger partial charge in [-0.3, -0.25) is 5.10 Å². The minimum atomic E-state index is 0.907. The number of rotatable bonds is 6. The summed E-state index contributed by atoms with van der Waals surface area (Å²) in [7, 11) is 4.19. The summed E-state index contributed by atoms with van der Waals surface area (Å²) in [6.07, 6.45) is 4.95. The third kappa shape index (κ3) is 4.65. The van der Waals surface area contributed by atoms with Gasteiger partial charge in [0.2, 0.25) is 0 Å². The minimum Gasteiger partial charge on any atom is -0.313 e. The molecular weight excluding hydrogens is 164 g/mol. The van der Waals surface area contributed by atoms with Gasteiger partial charge in [-0.05, 0) is 33.6 Å². The first-order chi connectivity index (χ1) is 6.29. The lowest BCUT2D eigenvalue weighted by Crippen LogP contribution is -2.20. The van der Waals surface area contributed by atoms with Crippen LogP contribution in [0.4, 0.5) is 0 Å². The molecule has 1 rings (SSSR count). The average molecular weight is 182 g/mol. The molecule has 1 heterocycles. The van der Waals surface area contributed by atoms with Crippen LogP contribution < -0.4 is 5.32 Å². The van der Waals surface area contributed by atoms with E-state index in [1.807, 2.05) is 12.4 Å². The Morgan fingerprint density at radius 2 is 2.38 bits per heavy atom. The van der Waals surface area contributed by atoms with Crippen molar-refractivity contribution in [1.29, 1.82) is 0 Å². The highest BCUT2D eigenvalue weighted by Crippen LogP contribution is 1.91. The molecule has 2 N–H and O–H groups in total. The largest absolute Gasteiger partial charge is 0.313 e. The van der Waals surface area contributed by atoms with Crippen LogP contribution in [-0.4, -0.2) is 42.3 Å². The number of aromatic nitrogens is 2. The molecule has 1 aromatic rings. The number of nitrogens with one attached hydrogen (secondary N) is 2. The maximum atomic E-state index is 3.88. The van der Waals surface area contributed by atoms with Crippen molar-refractivity contribution in [2.45, 2.75) is 13.0 Å². The summed E-state index contributed by atoms with van der Waals surface area (Å²) in [5.74, 6) is 0. The molecule has 0 atom stereocenters. The highest BCUT2D eigenvalue weighted by atomic mass is 15.1. The van der Waals surface area contributed by atoms with Gasteiger partial charge >= 0.3 is 0 Å². The Bertz CT molecular complexity index is 205. The maximum absolute atomic E-state index is 3.88. The van der Waals surface area contributed by atoms with Crippen molar-refractivity contribution in [3.63, 3.8) is 0 Å². The molecule has 0 unspecified atom stereocenters. The van der Waals surface area contributed by atoms with E-state index in [1.54, 1.807) is 0 Å². The lowest BCUT2D eigenvalue weighted by atomic mass is 10.3. The first-order valence-corrected chi connectivity index (χ1v) is 4.62. The van der Waals surface area contributed by atoms with E-state index in [-0.39, 0.29) is 0 Å². The van der Waals surface area contributed by atoms with Gasteiger partial charge < -0.3 is 10.2 Å². The summed E-state index contributed by atoms with van der Waals surface area (Å²) < 4.78 is 0. The number of nitrogens with zero attached hydrogens (tertiary/aromatic N) is 2. The molecule has 0 aliphatic carbocycles. The fraction of sp³-hybridized carbons (Fsp3) is 0.667. The van der Waals surface area contributed by atoms with Crippen LogP contribution >= 0.6 is 0 Å². The van der Waals surface area contributed by atoms with E-state index < -0.39 is 0 Å². The fourth-order valence-electron chi connectivity index (χ4n) is 1.13. The monoisotopic (exact) mass is 182 g/mol. The van der Waals surface area contributed by atoms with E-state index >= 15 is 0 Å². The van der Waals surface area contributed by atoms with Crippen LogP contribution in [0, 0.1) is 0 Å². The molecule has 0 saturated carbocycles. The van der Waals surface area contributed by atoms with E-state index in [1.165, 1.54) is 12.0 Å². The molecule has 1 aromatic heterocycles. The highest BCUT2D eigenvalue weighted by Gasteiger charge is 1.93. The van der Waals surface area contributed by atoms with Gasteiger partial charge in [-0.2, -0.15) is 5.10 Å². The topological polar surface area (TPSA) is 44.0 Å². The summed E-state index contributed by atoms with van der Waals surface area (Å²) in [6.45, 7) is 3.10. The second kappa shape index (κ2) is 5.72. The quantitative estimate of drug-likeness (QED) is 0.628. The summed E-state index contributed by atoms with van der Waals surface area (Å²) in [5, 5.41) is 10.0. The summed E-state index contributed by atoms with van der Waals surface area (Å²) in [4.78, 5) is 2.19. The third-order valence-electron chi connectivity index (χ3n) is 1.84. The van der Waals surface area contributed by atoms with Gasteiger partial charge in [-0.1, -0.05) is 0 Å². The summed E-state index contributed by atoms with van der Waals surface area (Å²) in [5.41, 5.74) is 1.21. The Morgan fingerprint density at radius 1 is 1.54 bits per heavy atom. The van der Waals surface area contributed by atoms with Crippen LogP contribution in [0.15, 0.2) is 12.4 Å². The van der Waals surface area contributed by atoms with Crippen molar-refractivity contribution < 1.29 is 0 Å². The van der Waals surface area contributed by atoms with Crippen molar-refractivity contribution >= 4 is 0 Å². The zero-order valence-corrected chi connectivity index (χ0v) is 8.38. The van der Waals surface area contributed by atoms with E-state index in [0.29, 0.717) is 0 Å². The van der Waals surface area contributed by atoms with Gasteiger partial charge in [0.15, 0.2) is 0 Å². The molecule has 0 saturated heterocycles. The molecule has 4 nitrogen and oxygen atoms in total. The summed E-state index contributed by atoms with van der Waals surface area (Å²) in [6, 6.07) is 0. The van der Waals surface area contributed by atoms with Gasteiger partial charge in [-0.25, -0.2) is 0 Å². The zero-order chi connectivity index (χ0) is 9.52. The van der Waals surface area contributed by atoms with Crippen LogP contribution in [0.1, 0.15) is 12.0 Å². The fourth-order valence-corrected chi connectivity index (χ4v) is 1.13. The van der Waals surface area contributed by atoms with Crippen molar-refractivity contribution in [2.75, 3.05) is 27.2 Å². The highest BCUT2D eigenvalue weighted by molar-refractivity contribution is 5.01. The molecule has 74 valence electrons. The lowest BCUT2D eigenvalue weighted by Gasteiger charge is -2.08. The van der Waals surface area contributed by atoms with Crippen LogP contribution in [0.2, 0.25) is 0 Å². The van der Waals surface area contributed by atoms with Crippen LogP contribution in [0.25, 0.3) is 0 Å². The van der Waals surface area contributed by atoms with E-state index in [4.69, 9.17) is 0 Å². The molecule has 0 fully saturated rings. The Kier molecular flexibility index (Phi) is 4.49. The van der Waals surface area contributed by atoms with Crippen LogP contribution in [0.5, 0.6) is 0 Å². The maximum Gasteiger partial charge on any atom is 0.0532 e. The predicted molar refractivity (Wildman–Crippen MR) is 53.5 cm³/mol. The zero-order valence-electron chi connectivity index (χ0n) is 8.38. The molecule has 0 amide bonds. The lowest BCUT2D eigenvalue weighted by molar-refractivity contribution is 0.394. The Balaban J connectivity index is 1.96. The first kappa shape index (κ1) is 10.2. The molecule has 13 heavy (non-hydrogen) atoms. The van der Waals surface area contributed by atoms with E-state index in [9.17, 15) is 0 Å². The molecule has 0 aliphatic rings. The minimum absolute atomic E-state index is 0.907. The molecule has 0 bridgehead atoms. The average Bonchev–Trinajstić information content (AvgIpc) is 2.55. The van der Waals surface area contributed by atoms with Crippen LogP contribution in [0.3, 0.4) is 0 Å². The SMILES string of the molecule is CN(C)CCCNCc1cn[nH]c1. The number of hydrogen-bond acceptors (Lipinski definition) is 3. The van der Waals surface area contributed by atoms with Gasteiger partial charge in [0.1, 0.15) is 0 Å². The Hall–Kier alpha value is -0.870. The molecule has 0 aliphatic heterocycles. The molecule has 0 radical (unpaired) electrons. The predicted octanol–water partition coefficient (Wildman–Crippen LogP) is 0.451. The van der Waals surface area contributed by atoms with Gasteiger partial charge in [0.05, 0.1) is 6.20 Å². The first-order valence-electron chi connectivity index (χ1n) is 4.62. The number of aromatic amines is 1. The van der Waals surface area contributed by atoms with Gasteiger partial charge in [0.25, 0.3) is 0 Å². The van der Waals surface area contributed by atoms with E-state index in [0.717, 1.165) is 19.6 Å². The second-order valence-corrected chi connectivity index (χ2v) is 3.44.